The molecule has 0 aliphatic carbocycles. The lowest BCUT2D eigenvalue weighted by Crippen LogP contribution is -2.06. The zero-order valence-corrected chi connectivity index (χ0v) is 11.9. The smallest absolute Gasteiger partial charge is 0.357 e. The van der Waals surface area contributed by atoms with Crippen LogP contribution in [0, 0.1) is 0 Å². The minimum atomic E-state index is -0.410. The van der Waals surface area contributed by atoms with E-state index in [4.69, 9.17) is 9.47 Å². The van der Waals surface area contributed by atoms with Gasteiger partial charge in [0, 0.05) is 17.8 Å². The van der Waals surface area contributed by atoms with E-state index in [1.54, 1.807) is 13.8 Å². The highest BCUT2D eigenvalue weighted by Gasteiger charge is 2.18. The third-order valence-electron chi connectivity index (χ3n) is 2.78. The van der Waals surface area contributed by atoms with Gasteiger partial charge in [0.25, 0.3) is 0 Å². The van der Waals surface area contributed by atoms with Crippen LogP contribution >= 0.6 is 0 Å². The summed E-state index contributed by atoms with van der Waals surface area (Å²) in [6.45, 7) is 6.28. The molecule has 0 saturated carbocycles. The van der Waals surface area contributed by atoms with Crippen LogP contribution in [0.3, 0.4) is 0 Å². The molecule has 0 aliphatic rings. The van der Waals surface area contributed by atoms with Crippen molar-refractivity contribution in [1.82, 2.24) is 4.98 Å². The highest BCUT2D eigenvalue weighted by molar-refractivity contribution is 6.06. The number of hydrogen-bond acceptors (Lipinski definition) is 4. The lowest BCUT2D eigenvalue weighted by atomic mass is 10.2. The number of carbonyl (C=O) groups is 1. The Kier molecular flexibility index (Phi) is 4.40. The molecule has 5 nitrogen and oxygen atoms in total. The number of hydrogen-bond donors (Lipinski definition) is 1. The van der Waals surface area contributed by atoms with Gasteiger partial charge in [0.15, 0.2) is 11.6 Å². The molecule has 0 spiro atoms. The Morgan fingerprint density at radius 2 is 1.90 bits per heavy atom. The van der Waals surface area contributed by atoms with Gasteiger partial charge in [-0.2, -0.15) is 0 Å². The van der Waals surface area contributed by atoms with Crippen LogP contribution < -0.4 is 0 Å². The molecule has 0 aliphatic heterocycles. The normalized spacial score (nSPS) is 11.7. The maximum atomic E-state index is 12.0. The molecule has 0 bridgehead atoms. The van der Waals surface area contributed by atoms with Gasteiger partial charge in [-0.15, -0.1) is 0 Å². The number of H-pyrrole nitrogens is 1. The number of rotatable bonds is 4. The molecule has 0 radical (unpaired) electrons. The first-order valence-corrected chi connectivity index (χ1v) is 6.63. The minimum Gasteiger partial charge on any atom is -0.481 e. The lowest BCUT2D eigenvalue weighted by Gasteiger charge is -2.03. The monoisotopic (exact) mass is 274 g/mol. The Morgan fingerprint density at radius 3 is 2.60 bits per heavy atom. The Morgan fingerprint density at radius 1 is 1.20 bits per heavy atom. The van der Waals surface area contributed by atoms with Crippen LogP contribution in [0.1, 0.15) is 31.3 Å². The van der Waals surface area contributed by atoms with Crippen molar-refractivity contribution in [3.8, 4) is 0 Å². The van der Waals surface area contributed by atoms with E-state index in [1.165, 1.54) is 0 Å². The summed E-state index contributed by atoms with van der Waals surface area (Å²) in [5, 5.41) is 0.870. The minimum absolute atomic E-state index is 0.321. The van der Waals surface area contributed by atoms with E-state index < -0.39 is 5.97 Å². The zero-order chi connectivity index (χ0) is 14.5. The molecule has 1 aromatic heterocycles. The second kappa shape index (κ2) is 6.23. The predicted octanol–water partition coefficient (Wildman–Crippen LogP) is 3.43. The number of nitrogens with zero attached hydrogens (tertiary/aromatic N) is 1. The van der Waals surface area contributed by atoms with Crippen LogP contribution in [-0.2, 0) is 9.47 Å². The van der Waals surface area contributed by atoms with E-state index in [0.29, 0.717) is 30.5 Å². The summed E-state index contributed by atoms with van der Waals surface area (Å²) in [7, 11) is 0. The molecular weight excluding hydrogens is 256 g/mol. The number of aromatic nitrogens is 1. The Bertz CT molecular complexity index is 644. The number of aliphatic imine (C=N–C) groups is 1. The average Bonchev–Trinajstić information content (AvgIpc) is 2.78. The van der Waals surface area contributed by atoms with Crippen molar-refractivity contribution in [2.75, 3.05) is 13.2 Å². The van der Waals surface area contributed by atoms with E-state index in [0.717, 1.165) is 10.9 Å². The highest BCUT2D eigenvalue weighted by Crippen LogP contribution is 2.31. The van der Waals surface area contributed by atoms with Gasteiger partial charge in [-0.25, -0.2) is 9.79 Å². The molecule has 1 aromatic carbocycles. The largest absolute Gasteiger partial charge is 0.481 e. The molecule has 5 heteroatoms. The number of ether oxygens (including phenoxy) is 2. The van der Waals surface area contributed by atoms with Crippen LogP contribution in [0.15, 0.2) is 29.3 Å². The number of carbonyl (C=O) groups excluding carboxylic acids is 1. The summed E-state index contributed by atoms with van der Waals surface area (Å²) in [5.74, 6) is 0.106. The van der Waals surface area contributed by atoms with Gasteiger partial charge < -0.3 is 14.5 Å². The van der Waals surface area contributed by atoms with Gasteiger partial charge >= 0.3 is 5.97 Å². The fourth-order valence-corrected chi connectivity index (χ4v) is 1.99. The van der Waals surface area contributed by atoms with Gasteiger partial charge in [-0.3, -0.25) is 0 Å². The summed E-state index contributed by atoms with van der Waals surface area (Å²) < 4.78 is 10.4. The van der Waals surface area contributed by atoms with Crippen molar-refractivity contribution in [2.24, 2.45) is 4.99 Å². The maximum Gasteiger partial charge on any atom is 0.357 e. The molecule has 0 amide bonds. The van der Waals surface area contributed by atoms with Crippen LogP contribution in [0.2, 0.25) is 0 Å². The summed E-state index contributed by atoms with van der Waals surface area (Å²) in [5.41, 5.74) is 1.76. The van der Waals surface area contributed by atoms with E-state index >= 15 is 0 Å². The third-order valence-corrected chi connectivity index (χ3v) is 2.78. The van der Waals surface area contributed by atoms with Crippen molar-refractivity contribution in [1.29, 1.82) is 0 Å². The lowest BCUT2D eigenvalue weighted by molar-refractivity contribution is 0.0521. The number of benzene rings is 1. The molecule has 1 heterocycles. The first-order chi connectivity index (χ1) is 9.67. The summed E-state index contributed by atoms with van der Waals surface area (Å²) in [6, 6.07) is 7.61. The predicted molar refractivity (Wildman–Crippen MR) is 78.7 cm³/mol. The van der Waals surface area contributed by atoms with E-state index in [1.807, 2.05) is 31.2 Å². The van der Waals surface area contributed by atoms with Gasteiger partial charge in [-0.1, -0.05) is 18.2 Å². The molecule has 0 atom stereocenters. The van der Waals surface area contributed by atoms with Crippen molar-refractivity contribution < 1.29 is 14.3 Å². The molecule has 1 N–H and O–H groups in total. The molecule has 2 aromatic rings. The highest BCUT2D eigenvalue weighted by atomic mass is 16.5. The molecule has 0 saturated heterocycles. The Hall–Kier alpha value is -2.30. The Balaban J connectivity index is 2.55. The van der Waals surface area contributed by atoms with Crippen molar-refractivity contribution in [3.63, 3.8) is 0 Å². The molecule has 20 heavy (non-hydrogen) atoms. The third kappa shape index (κ3) is 2.82. The standard InChI is InChI=1S/C15H18N2O3/c1-4-19-10(3)16-13-11-8-6-7-9-12(11)17-14(13)15(18)20-5-2/h6-9,17H,4-5H2,1-3H3. The fourth-order valence-electron chi connectivity index (χ4n) is 1.99. The van der Waals surface area contributed by atoms with Gasteiger partial charge in [0.1, 0.15) is 5.69 Å². The number of fused-ring (bicyclic) bond motifs is 1. The van der Waals surface area contributed by atoms with E-state index in [2.05, 4.69) is 9.98 Å². The summed E-state index contributed by atoms with van der Waals surface area (Å²) >= 11 is 0. The van der Waals surface area contributed by atoms with Gasteiger partial charge in [0.05, 0.1) is 13.2 Å². The van der Waals surface area contributed by atoms with Gasteiger partial charge in [0.2, 0.25) is 0 Å². The first-order valence-electron chi connectivity index (χ1n) is 6.63. The fraction of sp³-hybridized carbons (Fsp3) is 0.333. The number of esters is 1. The molecule has 0 fully saturated rings. The SMILES string of the molecule is CCOC(=O)c1[nH]c2ccccc2c1N=C(C)OCC. The van der Waals surface area contributed by atoms with E-state index in [9.17, 15) is 4.79 Å². The van der Waals surface area contributed by atoms with Crippen LogP contribution in [0.25, 0.3) is 10.9 Å². The zero-order valence-electron chi connectivity index (χ0n) is 11.9. The molecule has 2 rings (SSSR count). The second-order valence-electron chi connectivity index (χ2n) is 4.18. The quantitative estimate of drug-likeness (QED) is 0.527. The molecule has 0 unspecified atom stereocenters. The average molecular weight is 274 g/mol. The number of para-hydroxylation sites is 1. The summed E-state index contributed by atoms with van der Waals surface area (Å²) in [4.78, 5) is 19.5. The first kappa shape index (κ1) is 14.1. The van der Waals surface area contributed by atoms with Crippen LogP contribution in [0.5, 0.6) is 0 Å². The van der Waals surface area contributed by atoms with Crippen molar-refractivity contribution >= 4 is 28.5 Å². The Labute approximate surface area is 117 Å². The van der Waals surface area contributed by atoms with Crippen LogP contribution in [0.4, 0.5) is 5.69 Å². The molecule has 106 valence electrons. The van der Waals surface area contributed by atoms with E-state index in [-0.39, 0.29) is 0 Å². The second-order valence-corrected chi connectivity index (χ2v) is 4.18. The van der Waals surface area contributed by atoms with Crippen molar-refractivity contribution in [2.45, 2.75) is 20.8 Å². The van der Waals surface area contributed by atoms with Crippen LogP contribution in [-0.4, -0.2) is 30.1 Å². The molecular formula is C15H18N2O3. The van der Waals surface area contributed by atoms with Crippen molar-refractivity contribution in [3.05, 3.63) is 30.0 Å². The van der Waals surface area contributed by atoms with Gasteiger partial charge in [-0.05, 0) is 19.9 Å². The number of aromatic amines is 1. The maximum absolute atomic E-state index is 12.0. The topological polar surface area (TPSA) is 63.7 Å². The number of nitrogens with one attached hydrogen (secondary N) is 1. The summed E-state index contributed by atoms with van der Waals surface area (Å²) in [6.07, 6.45) is 0.